The van der Waals surface area contributed by atoms with Gasteiger partial charge in [-0.25, -0.2) is 4.98 Å². The molecule has 2 aromatic rings. The van der Waals surface area contributed by atoms with Crippen LogP contribution in [0.2, 0.25) is 0 Å². The fraction of sp³-hybridized carbons (Fsp3) is 0.500. The summed E-state index contributed by atoms with van der Waals surface area (Å²) in [5, 5.41) is 6.77. The molecule has 2 atom stereocenters. The highest BCUT2D eigenvalue weighted by molar-refractivity contribution is 7.09. The molecule has 2 fully saturated rings. The number of carbonyl (C=O) groups excluding carboxylic acids is 2. The molecular weight excluding hydrogens is 328 g/mol. The Bertz CT molecular complexity index is 799. The molecule has 0 spiro atoms. The second-order valence-corrected chi connectivity index (χ2v) is 7.38. The number of aryl methyl sites for hydroxylation is 2. The van der Waals surface area contributed by atoms with E-state index in [-0.39, 0.29) is 23.9 Å². The Hall–Kier alpha value is -2.22. The third kappa shape index (κ3) is 2.41. The molecule has 2 aliphatic heterocycles. The van der Waals surface area contributed by atoms with E-state index < -0.39 is 0 Å². The van der Waals surface area contributed by atoms with Crippen LogP contribution >= 0.6 is 11.3 Å². The van der Waals surface area contributed by atoms with E-state index in [1.807, 2.05) is 17.2 Å². The summed E-state index contributed by atoms with van der Waals surface area (Å²) in [6, 6.07) is 0.00246. The van der Waals surface area contributed by atoms with Gasteiger partial charge in [-0.3, -0.25) is 9.59 Å². The number of nitrogens with zero attached hydrogens (tertiary/aromatic N) is 4. The molecule has 0 aliphatic carbocycles. The zero-order valence-corrected chi connectivity index (χ0v) is 14.4. The maximum atomic E-state index is 12.7. The Morgan fingerprint density at radius 3 is 2.92 bits per heavy atom. The molecule has 2 amide bonds. The molecule has 0 N–H and O–H groups in total. The summed E-state index contributed by atoms with van der Waals surface area (Å²) in [7, 11) is 0. The van der Waals surface area contributed by atoms with Crippen molar-refractivity contribution in [2.75, 3.05) is 6.54 Å². The van der Waals surface area contributed by atoms with Crippen molar-refractivity contribution in [3.05, 3.63) is 33.6 Å². The summed E-state index contributed by atoms with van der Waals surface area (Å²) >= 11 is 1.59. The summed E-state index contributed by atoms with van der Waals surface area (Å²) in [5.74, 6) is -0.00408. The van der Waals surface area contributed by atoms with Gasteiger partial charge >= 0.3 is 0 Å². The Labute approximate surface area is 143 Å². The highest BCUT2D eigenvalue weighted by Gasteiger charge is 2.48. The van der Waals surface area contributed by atoms with E-state index >= 15 is 0 Å². The number of likely N-dealkylation sites (tertiary alicyclic amines) is 2. The summed E-state index contributed by atoms with van der Waals surface area (Å²) in [4.78, 5) is 33.3. The smallest absolute Gasteiger partial charge is 0.259 e. The molecule has 8 heteroatoms. The molecule has 4 rings (SSSR count). The highest BCUT2D eigenvalue weighted by atomic mass is 32.1. The van der Waals surface area contributed by atoms with Gasteiger partial charge in [-0.1, -0.05) is 5.16 Å². The maximum Gasteiger partial charge on any atom is 0.259 e. The van der Waals surface area contributed by atoms with Crippen LogP contribution in [-0.2, 0) is 11.3 Å². The molecule has 4 heterocycles. The predicted molar refractivity (Wildman–Crippen MR) is 86.5 cm³/mol. The van der Waals surface area contributed by atoms with E-state index in [1.165, 1.54) is 6.26 Å². The van der Waals surface area contributed by atoms with Gasteiger partial charge in [-0.05, 0) is 20.3 Å². The molecule has 2 unspecified atom stereocenters. The van der Waals surface area contributed by atoms with Crippen LogP contribution in [-0.4, -0.2) is 50.4 Å². The van der Waals surface area contributed by atoms with Gasteiger partial charge in [0.2, 0.25) is 5.91 Å². The second-order valence-electron chi connectivity index (χ2n) is 6.32. The van der Waals surface area contributed by atoms with Crippen molar-refractivity contribution in [1.82, 2.24) is 19.9 Å². The fourth-order valence-electron chi connectivity index (χ4n) is 3.69. The van der Waals surface area contributed by atoms with Crippen LogP contribution in [0.1, 0.15) is 39.6 Å². The summed E-state index contributed by atoms with van der Waals surface area (Å²) in [5.41, 5.74) is 1.99. The molecule has 0 aromatic carbocycles. The van der Waals surface area contributed by atoms with Crippen LogP contribution < -0.4 is 0 Å². The average Bonchev–Trinajstić information content (AvgIpc) is 3.28. The molecule has 126 valence electrons. The molecular formula is C16H18N4O3S. The van der Waals surface area contributed by atoms with Crippen molar-refractivity contribution in [1.29, 1.82) is 0 Å². The lowest BCUT2D eigenvalue weighted by Crippen LogP contribution is -2.39. The van der Waals surface area contributed by atoms with E-state index in [2.05, 4.69) is 10.1 Å². The molecule has 0 bridgehead atoms. The van der Waals surface area contributed by atoms with Crippen molar-refractivity contribution in [3.63, 3.8) is 0 Å². The van der Waals surface area contributed by atoms with Crippen molar-refractivity contribution < 1.29 is 14.1 Å². The predicted octanol–water partition coefficient (Wildman–Crippen LogP) is 1.76. The summed E-state index contributed by atoms with van der Waals surface area (Å²) in [6.45, 7) is 4.89. The number of hydrogen-bond donors (Lipinski definition) is 0. The van der Waals surface area contributed by atoms with E-state index in [9.17, 15) is 9.59 Å². The van der Waals surface area contributed by atoms with Crippen LogP contribution in [0.5, 0.6) is 0 Å². The Morgan fingerprint density at radius 2 is 2.25 bits per heavy atom. The van der Waals surface area contributed by atoms with Gasteiger partial charge in [-0.15, -0.1) is 11.3 Å². The number of amides is 2. The van der Waals surface area contributed by atoms with Gasteiger partial charge < -0.3 is 14.3 Å². The van der Waals surface area contributed by atoms with E-state index in [4.69, 9.17) is 4.52 Å². The first-order valence-electron chi connectivity index (χ1n) is 7.97. The Kier molecular flexibility index (Phi) is 3.64. The molecule has 7 nitrogen and oxygen atoms in total. The van der Waals surface area contributed by atoms with Crippen molar-refractivity contribution >= 4 is 23.2 Å². The third-order valence-electron chi connectivity index (χ3n) is 4.85. The molecule has 2 aliphatic rings. The zero-order chi connectivity index (χ0) is 16.8. The molecule has 2 saturated heterocycles. The molecule has 0 radical (unpaired) electrons. The third-order valence-corrected chi connectivity index (χ3v) is 5.68. The number of aromatic nitrogens is 2. The normalized spacial score (nSPS) is 23.2. The summed E-state index contributed by atoms with van der Waals surface area (Å²) < 4.78 is 4.88. The monoisotopic (exact) mass is 346 g/mol. The van der Waals surface area contributed by atoms with Gasteiger partial charge in [0.1, 0.15) is 11.8 Å². The number of carbonyl (C=O) groups is 2. The van der Waals surface area contributed by atoms with Crippen molar-refractivity contribution in [2.24, 2.45) is 0 Å². The zero-order valence-electron chi connectivity index (χ0n) is 13.6. The lowest BCUT2D eigenvalue weighted by atomic mass is 10.1. The van der Waals surface area contributed by atoms with Gasteiger partial charge in [-0.2, -0.15) is 0 Å². The average molecular weight is 346 g/mol. The molecule has 0 saturated carbocycles. The van der Waals surface area contributed by atoms with Crippen LogP contribution in [0, 0.1) is 13.8 Å². The standard InChI is InChI=1S/C16H18N4O3S/c1-9-12(7-23-18-9)16(22)19-4-3-13-14(19)5-15(21)20(13)6-11-8-24-10(2)17-11/h7-8,13-14H,3-6H2,1-2H3. The number of rotatable bonds is 3. The second kappa shape index (κ2) is 5.70. The minimum Gasteiger partial charge on any atom is -0.364 e. The van der Waals surface area contributed by atoms with Crippen LogP contribution in [0.25, 0.3) is 0 Å². The number of hydrogen-bond acceptors (Lipinski definition) is 6. The van der Waals surface area contributed by atoms with Gasteiger partial charge in [0, 0.05) is 18.3 Å². The van der Waals surface area contributed by atoms with E-state index in [0.717, 1.165) is 17.1 Å². The summed E-state index contributed by atoms with van der Waals surface area (Å²) in [6.07, 6.45) is 2.57. The minimum absolute atomic E-state index is 0.0703. The fourth-order valence-corrected chi connectivity index (χ4v) is 4.30. The number of fused-ring (bicyclic) bond motifs is 1. The Balaban J connectivity index is 1.53. The number of thiazole rings is 1. The highest BCUT2D eigenvalue weighted by Crippen LogP contribution is 2.34. The van der Waals surface area contributed by atoms with E-state index in [1.54, 1.807) is 23.2 Å². The first kappa shape index (κ1) is 15.3. The Morgan fingerprint density at radius 1 is 1.42 bits per heavy atom. The van der Waals surface area contributed by atoms with Gasteiger partial charge in [0.25, 0.3) is 5.91 Å². The van der Waals surface area contributed by atoms with Crippen LogP contribution in [0.4, 0.5) is 0 Å². The van der Waals surface area contributed by atoms with Crippen molar-refractivity contribution in [3.8, 4) is 0 Å². The van der Waals surface area contributed by atoms with E-state index in [0.29, 0.717) is 30.8 Å². The van der Waals surface area contributed by atoms with Crippen molar-refractivity contribution in [2.45, 2.75) is 45.3 Å². The first-order chi connectivity index (χ1) is 11.5. The topological polar surface area (TPSA) is 79.5 Å². The lowest BCUT2D eigenvalue weighted by Gasteiger charge is -2.24. The minimum atomic E-state index is -0.0968. The van der Waals surface area contributed by atoms with Crippen LogP contribution in [0.3, 0.4) is 0 Å². The quantitative estimate of drug-likeness (QED) is 0.846. The maximum absolute atomic E-state index is 12.7. The molecule has 2 aromatic heterocycles. The molecule has 24 heavy (non-hydrogen) atoms. The first-order valence-corrected chi connectivity index (χ1v) is 8.85. The van der Waals surface area contributed by atoms with Gasteiger partial charge in [0.05, 0.1) is 35.0 Å². The largest absolute Gasteiger partial charge is 0.364 e. The SMILES string of the molecule is Cc1nc(CN2C(=O)CC3C2CCN3C(=O)c2conc2C)cs1. The van der Waals surface area contributed by atoms with Gasteiger partial charge in [0.15, 0.2) is 0 Å². The lowest BCUT2D eigenvalue weighted by molar-refractivity contribution is -0.129. The van der Waals surface area contributed by atoms with Crippen LogP contribution in [0.15, 0.2) is 16.2 Å².